The summed E-state index contributed by atoms with van der Waals surface area (Å²) in [4.78, 5) is 3.95. The number of nitrogen functional groups attached to an aromatic ring is 1. The predicted molar refractivity (Wildman–Crippen MR) is 75.4 cm³/mol. The van der Waals surface area contributed by atoms with Gasteiger partial charge in [0.05, 0.1) is 12.3 Å². The number of nitrogens with one attached hydrogen (secondary N) is 1. The van der Waals surface area contributed by atoms with Crippen molar-refractivity contribution in [2.45, 2.75) is 17.7 Å². The number of nitrogens with two attached hydrogens (primary N) is 1. The molecular formula is C12H20N4O3S. The maximum Gasteiger partial charge on any atom is 0.246 e. The molecule has 20 heavy (non-hydrogen) atoms. The second kappa shape index (κ2) is 6.49. The summed E-state index contributed by atoms with van der Waals surface area (Å²) in [5.41, 5.74) is 2.73. The molecule has 0 spiro atoms. The number of hydrogen-bond acceptors (Lipinski definition) is 6. The van der Waals surface area contributed by atoms with Crippen molar-refractivity contribution in [1.82, 2.24) is 9.29 Å². The van der Waals surface area contributed by atoms with E-state index in [1.807, 2.05) is 0 Å². The monoisotopic (exact) mass is 300 g/mol. The highest BCUT2D eigenvalue weighted by molar-refractivity contribution is 7.89. The van der Waals surface area contributed by atoms with E-state index in [0.717, 1.165) is 19.4 Å². The lowest BCUT2D eigenvalue weighted by atomic mass is 10.0. The van der Waals surface area contributed by atoms with Crippen LogP contribution < -0.4 is 11.3 Å². The van der Waals surface area contributed by atoms with Crippen molar-refractivity contribution < 1.29 is 13.2 Å². The molecule has 1 unspecified atom stereocenters. The molecule has 0 radical (unpaired) electrons. The summed E-state index contributed by atoms with van der Waals surface area (Å²) < 4.78 is 31.8. The van der Waals surface area contributed by atoms with Crippen molar-refractivity contribution in [3.8, 4) is 0 Å². The van der Waals surface area contributed by atoms with Gasteiger partial charge in [0, 0.05) is 32.6 Å². The first kappa shape index (κ1) is 15.2. The van der Waals surface area contributed by atoms with Crippen LogP contribution in [0.4, 0.5) is 5.69 Å². The summed E-state index contributed by atoms with van der Waals surface area (Å²) >= 11 is 0. The fraction of sp³-hybridized carbons (Fsp3) is 0.583. The number of hydrazine groups is 1. The Labute approximate surface area is 119 Å². The van der Waals surface area contributed by atoms with Crippen molar-refractivity contribution in [3.63, 3.8) is 0 Å². The molecule has 8 heteroatoms. The Bertz CT molecular complexity index is 543. The molecule has 7 nitrogen and oxygen atoms in total. The molecule has 1 saturated heterocycles. The van der Waals surface area contributed by atoms with Gasteiger partial charge in [0.2, 0.25) is 10.0 Å². The zero-order valence-corrected chi connectivity index (χ0v) is 12.3. The molecule has 0 saturated carbocycles. The molecule has 1 fully saturated rings. The van der Waals surface area contributed by atoms with E-state index in [1.165, 1.54) is 22.8 Å². The largest absolute Gasteiger partial charge is 0.381 e. The van der Waals surface area contributed by atoms with Gasteiger partial charge >= 0.3 is 0 Å². The summed E-state index contributed by atoms with van der Waals surface area (Å²) in [5.74, 6) is 5.58. The van der Waals surface area contributed by atoms with Crippen LogP contribution in [0.5, 0.6) is 0 Å². The van der Waals surface area contributed by atoms with Crippen LogP contribution in [0.3, 0.4) is 0 Å². The maximum atomic E-state index is 12.5. The second-order valence-electron chi connectivity index (χ2n) is 4.88. The van der Waals surface area contributed by atoms with Gasteiger partial charge in [0.25, 0.3) is 0 Å². The Morgan fingerprint density at radius 3 is 3.05 bits per heavy atom. The number of sulfonamides is 1. The maximum absolute atomic E-state index is 12.5. The highest BCUT2D eigenvalue weighted by atomic mass is 32.2. The molecule has 2 heterocycles. The average molecular weight is 300 g/mol. The Balaban J connectivity index is 2.16. The van der Waals surface area contributed by atoms with E-state index >= 15 is 0 Å². The smallest absolute Gasteiger partial charge is 0.246 e. The lowest BCUT2D eigenvalue weighted by Gasteiger charge is -2.27. The lowest BCUT2D eigenvalue weighted by Crippen LogP contribution is -2.35. The third kappa shape index (κ3) is 3.26. The molecule has 2 rings (SSSR count). The lowest BCUT2D eigenvalue weighted by molar-refractivity contribution is 0.0495. The first-order chi connectivity index (χ1) is 9.55. The van der Waals surface area contributed by atoms with E-state index in [-0.39, 0.29) is 10.8 Å². The molecule has 112 valence electrons. The highest BCUT2D eigenvalue weighted by Gasteiger charge is 2.27. The molecule has 0 aliphatic carbocycles. The van der Waals surface area contributed by atoms with Gasteiger partial charge in [0.15, 0.2) is 0 Å². The molecule has 0 aromatic carbocycles. The Morgan fingerprint density at radius 1 is 1.60 bits per heavy atom. The minimum absolute atomic E-state index is 0.0849. The molecular weight excluding hydrogens is 280 g/mol. The van der Waals surface area contributed by atoms with E-state index < -0.39 is 10.0 Å². The quantitative estimate of drug-likeness (QED) is 0.604. The number of aromatic nitrogens is 1. The molecule has 3 N–H and O–H groups in total. The normalized spacial score (nSPS) is 20.1. The molecule has 1 aliphatic rings. The predicted octanol–water partition coefficient (Wildman–Crippen LogP) is 0.414. The van der Waals surface area contributed by atoms with Gasteiger partial charge in [-0.05, 0) is 24.8 Å². The van der Waals surface area contributed by atoms with Gasteiger partial charge in [-0.25, -0.2) is 12.7 Å². The molecule has 1 aromatic heterocycles. The molecule has 0 amide bonds. The standard InChI is InChI=1S/C12H20N4O3S/c1-16(8-10-3-2-6-19-9-10)20(17,18)12-7-14-5-4-11(12)15-13/h4-5,7,10H,2-3,6,8-9,13H2,1H3,(H,14,15). The molecule has 1 aliphatic heterocycles. The fourth-order valence-corrected chi connectivity index (χ4v) is 3.63. The Kier molecular flexibility index (Phi) is 4.92. The topological polar surface area (TPSA) is 97.5 Å². The van der Waals surface area contributed by atoms with E-state index in [2.05, 4.69) is 10.4 Å². The Morgan fingerprint density at radius 2 is 2.40 bits per heavy atom. The second-order valence-corrected chi connectivity index (χ2v) is 6.90. The van der Waals surface area contributed by atoms with Crippen LogP contribution in [0.1, 0.15) is 12.8 Å². The number of hydrogen-bond donors (Lipinski definition) is 2. The SMILES string of the molecule is CN(CC1CCCOC1)S(=O)(=O)c1cnccc1NN. The number of pyridine rings is 1. The van der Waals surface area contributed by atoms with Crippen molar-refractivity contribution in [1.29, 1.82) is 0 Å². The first-order valence-corrected chi connectivity index (χ1v) is 7.94. The number of anilines is 1. The molecule has 0 bridgehead atoms. The first-order valence-electron chi connectivity index (χ1n) is 6.50. The average Bonchev–Trinajstić information content (AvgIpc) is 2.48. The van der Waals surface area contributed by atoms with Crippen LogP contribution in [0.25, 0.3) is 0 Å². The van der Waals surface area contributed by atoms with E-state index in [1.54, 1.807) is 7.05 Å². The summed E-state index contributed by atoms with van der Waals surface area (Å²) in [6, 6.07) is 1.53. The van der Waals surface area contributed by atoms with Gasteiger partial charge in [-0.1, -0.05) is 0 Å². The van der Waals surface area contributed by atoms with Crippen molar-refractivity contribution in [3.05, 3.63) is 18.5 Å². The van der Waals surface area contributed by atoms with E-state index in [0.29, 0.717) is 18.8 Å². The minimum atomic E-state index is -3.61. The minimum Gasteiger partial charge on any atom is -0.381 e. The van der Waals surface area contributed by atoms with Crippen molar-refractivity contribution in [2.75, 3.05) is 32.2 Å². The van der Waals surface area contributed by atoms with Crippen LogP contribution in [0.15, 0.2) is 23.4 Å². The number of rotatable bonds is 5. The van der Waals surface area contributed by atoms with Gasteiger partial charge in [-0.3, -0.25) is 10.8 Å². The Hall–Kier alpha value is -1.22. The summed E-state index contributed by atoms with van der Waals surface area (Å²) in [5, 5.41) is 0. The van der Waals surface area contributed by atoms with Gasteiger partial charge in [0.1, 0.15) is 4.90 Å². The summed E-state index contributed by atoms with van der Waals surface area (Å²) in [6.07, 6.45) is 4.75. The van der Waals surface area contributed by atoms with E-state index in [4.69, 9.17) is 10.6 Å². The van der Waals surface area contributed by atoms with Crippen LogP contribution >= 0.6 is 0 Å². The highest BCUT2D eigenvalue weighted by Crippen LogP contribution is 2.24. The van der Waals surface area contributed by atoms with E-state index in [9.17, 15) is 8.42 Å². The number of ether oxygens (including phenoxy) is 1. The molecule has 1 atom stereocenters. The third-order valence-corrected chi connectivity index (χ3v) is 5.25. The van der Waals surface area contributed by atoms with Crippen LogP contribution in [-0.4, -0.2) is 44.5 Å². The van der Waals surface area contributed by atoms with Crippen LogP contribution in [0, 0.1) is 5.92 Å². The zero-order valence-electron chi connectivity index (χ0n) is 11.4. The van der Waals surface area contributed by atoms with Crippen molar-refractivity contribution in [2.24, 2.45) is 11.8 Å². The third-order valence-electron chi connectivity index (χ3n) is 3.40. The summed E-state index contributed by atoms with van der Waals surface area (Å²) in [6.45, 7) is 1.80. The van der Waals surface area contributed by atoms with Gasteiger partial charge in [-0.2, -0.15) is 0 Å². The molecule has 1 aromatic rings. The van der Waals surface area contributed by atoms with Crippen molar-refractivity contribution >= 4 is 15.7 Å². The number of nitrogens with zero attached hydrogens (tertiary/aromatic N) is 2. The fourth-order valence-electron chi connectivity index (χ4n) is 2.29. The summed E-state index contributed by atoms with van der Waals surface area (Å²) in [7, 11) is -2.04. The zero-order chi connectivity index (χ0) is 14.6. The van der Waals surface area contributed by atoms with Crippen LogP contribution in [0.2, 0.25) is 0 Å². The van der Waals surface area contributed by atoms with Crippen LogP contribution in [-0.2, 0) is 14.8 Å². The van der Waals surface area contributed by atoms with Gasteiger partial charge < -0.3 is 10.2 Å². The van der Waals surface area contributed by atoms with Gasteiger partial charge in [-0.15, -0.1) is 0 Å².